The molecular weight excluding hydrogens is 258 g/mol. The molecule has 0 aliphatic heterocycles. The van der Waals surface area contributed by atoms with Gasteiger partial charge < -0.3 is 5.32 Å². The van der Waals surface area contributed by atoms with Crippen molar-refractivity contribution in [2.45, 2.75) is 10.9 Å². The summed E-state index contributed by atoms with van der Waals surface area (Å²) >= 11 is 1.65. The van der Waals surface area contributed by atoms with E-state index in [1.54, 1.807) is 18.0 Å². The first kappa shape index (κ1) is 12.0. The molecule has 3 aromatic rings. The highest BCUT2D eigenvalue weighted by molar-refractivity contribution is 7.98. The lowest BCUT2D eigenvalue weighted by Crippen LogP contribution is -1.97. The van der Waals surface area contributed by atoms with Crippen LogP contribution in [0.25, 0.3) is 5.65 Å². The third-order valence-corrected chi connectivity index (χ3v) is 3.76. The van der Waals surface area contributed by atoms with Gasteiger partial charge in [-0.25, -0.2) is 4.98 Å². The molecule has 3 rings (SSSR count). The molecule has 0 aliphatic carbocycles. The fourth-order valence-corrected chi connectivity index (χ4v) is 2.75. The van der Waals surface area contributed by atoms with Gasteiger partial charge in [0, 0.05) is 30.8 Å². The number of thioether (sulfide) groups is 1. The van der Waals surface area contributed by atoms with Crippen molar-refractivity contribution in [2.24, 2.45) is 0 Å². The van der Waals surface area contributed by atoms with Gasteiger partial charge in [-0.2, -0.15) is 0 Å². The minimum atomic E-state index is 0.805. The van der Waals surface area contributed by atoms with E-state index in [2.05, 4.69) is 26.6 Å². The van der Waals surface area contributed by atoms with Gasteiger partial charge in [0.2, 0.25) is 0 Å². The van der Waals surface area contributed by atoms with Crippen molar-refractivity contribution in [3.05, 3.63) is 48.3 Å². The number of rotatable bonds is 4. The first-order valence-corrected chi connectivity index (χ1v) is 6.91. The normalized spacial score (nSPS) is 10.8. The fourth-order valence-electron chi connectivity index (χ4n) is 1.84. The van der Waals surface area contributed by atoms with Gasteiger partial charge in [0.15, 0.2) is 10.8 Å². The van der Waals surface area contributed by atoms with Crippen LogP contribution in [0.4, 0.5) is 5.82 Å². The van der Waals surface area contributed by atoms with E-state index in [9.17, 15) is 0 Å². The maximum atomic E-state index is 4.29. The summed E-state index contributed by atoms with van der Waals surface area (Å²) in [6, 6.07) is 9.88. The van der Waals surface area contributed by atoms with Crippen molar-refractivity contribution in [2.75, 3.05) is 12.4 Å². The van der Waals surface area contributed by atoms with Crippen LogP contribution in [0.2, 0.25) is 0 Å². The number of hydrogen-bond acceptors (Lipinski definition) is 5. The van der Waals surface area contributed by atoms with Crippen LogP contribution in [0.3, 0.4) is 0 Å². The van der Waals surface area contributed by atoms with Crippen LogP contribution in [-0.2, 0) is 5.75 Å². The van der Waals surface area contributed by atoms with E-state index in [1.807, 2.05) is 41.9 Å². The average Bonchev–Trinajstić information content (AvgIpc) is 2.89. The molecule has 0 unspecified atom stereocenters. The Balaban J connectivity index is 1.82. The number of hydrogen-bond donors (Lipinski definition) is 1. The largest absolute Gasteiger partial charge is 0.373 e. The first-order valence-electron chi connectivity index (χ1n) is 5.92. The van der Waals surface area contributed by atoms with Crippen molar-refractivity contribution in [3.8, 4) is 0 Å². The number of nitrogens with one attached hydrogen (secondary N) is 1. The van der Waals surface area contributed by atoms with Crippen molar-refractivity contribution in [3.63, 3.8) is 0 Å². The number of anilines is 1. The molecule has 0 saturated heterocycles. The topological polar surface area (TPSA) is 55.1 Å². The molecule has 0 aromatic carbocycles. The van der Waals surface area contributed by atoms with Crippen LogP contribution in [0.1, 0.15) is 5.56 Å². The van der Waals surface area contributed by atoms with E-state index in [0.29, 0.717) is 0 Å². The smallest absolute Gasteiger partial charge is 0.195 e. The molecule has 0 spiro atoms. The Morgan fingerprint density at radius 3 is 3.05 bits per heavy atom. The molecule has 19 heavy (non-hydrogen) atoms. The summed E-state index contributed by atoms with van der Waals surface area (Å²) in [6.45, 7) is 0. The molecule has 0 amide bonds. The van der Waals surface area contributed by atoms with E-state index in [4.69, 9.17) is 0 Å². The SMILES string of the molecule is CNc1ncccc1CSc1nnc2ccccn12. The molecule has 96 valence electrons. The third-order valence-electron chi connectivity index (χ3n) is 2.77. The third kappa shape index (κ3) is 2.39. The second-order valence-corrected chi connectivity index (χ2v) is 4.90. The van der Waals surface area contributed by atoms with E-state index in [1.165, 1.54) is 0 Å². The summed E-state index contributed by atoms with van der Waals surface area (Å²) in [5.74, 6) is 1.71. The highest BCUT2D eigenvalue weighted by Crippen LogP contribution is 2.24. The second kappa shape index (κ2) is 5.27. The van der Waals surface area contributed by atoms with Crippen LogP contribution >= 0.6 is 11.8 Å². The van der Waals surface area contributed by atoms with Gasteiger partial charge in [0.05, 0.1) is 0 Å². The predicted molar refractivity (Wildman–Crippen MR) is 76.3 cm³/mol. The van der Waals surface area contributed by atoms with Crippen LogP contribution < -0.4 is 5.32 Å². The summed E-state index contributed by atoms with van der Waals surface area (Å²) < 4.78 is 1.99. The minimum Gasteiger partial charge on any atom is -0.373 e. The monoisotopic (exact) mass is 271 g/mol. The summed E-state index contributed by atoms with van der Waals surface area (Å²) in [5.41, 5.74) is 2.02. The highest BCUT2D eigenvalue weighted by Gasteiger charge is 2.07. The summed E-state index contributed by atoms with van der Waals surface area (Å²) in [4.78, 5) is 4.29. The zero-order chi connectivity index (χ0) is 13.1. The van der Waals surface area contributed by atoms with Crippen molar-refractivity contribution < 1.29 is 0 Å². The average molecular weight is 271 g/mol. The van der Waals surface area contributed by atoms with E-state index in [0.717, 1.165) is 27.9 Å². The second-order valence-electron chi connectivity index (χ2n) is 3.96. The van der Waals surface area contributed by atoms with Gasteiger partial charge in [-0.15, -0.1) is 10.2 Å². The van der Waals surface area contributed by atoms with Crippen molar-refractivity contribution in [1.82, 2.24) is 19.6 Å². The maximum Gasteiger partial charge on any atom is 0.195 e. The summed E-state index contributed by atoms with van der Waals surface area (Å²) in [6.07, 6.45) is 3.76. The van der Waals surface area contributed by atoms with E-state index >= 15 is 0 Å². The molecule has 3 aromatic heterocycles. The highest BCUT2D eigenvalue weighted by atomic mass is 32.2. The van der Waals surface area contributed by atoms with Gasteiger partial charge >= 0.3 is 0 Å². The number of aromatic nitrogens is 4. The van der Waals surface area contributed by atoms with Crippen LogP contribution in [0.5, 0.6) is 0 Å². The lowest BCUT2D eigenvalue weighted by Gasteiger charge is -2.06. The Morgan fingerprint density at radius 1 is 1.21 bits per heavy atom. The Morgan fingerprint density at radius 2 is 2.16 bits per heavy atom. The van der Waals surface area contributed by atoms with Gasteiger partial charge in [0.1, 0.15) is 5.82 Å². The van der Waals surface area contributed by atoms with Gasteiger partial charge in [0.25, 0.3) is 0 Å². The lowest BCUT2D eigenvalue weighted by atomic mass is 10.3. The molecule has 5 nitrogen and oxygen atoms in total. The zero-order valence-electron chi connectivity index (χ0n) is 10.4. The number of fused-ring (bicyclic) bond motifs is 1. The standard InChI is InChI=1S/C13H13N5S/c1-14-12-10(5-4-7-15-12)9-19-13-17-16-11-6-2-3-8-18(11)13/h2-8H,9H2,1H3,(H,14,15). The van der Waals surface area contributed by atoms with E-state index in [-0.39, 0.29) is 0 Å². The van der Waals surface area contributed by atoms with Crippen molar-refractivity contribution in [1.29, 1.82) is 0 Å². The molecular formula is C13H13N5S. The molecule has 0 saturated carbocycles. The Labute approximate surface area is 115 Å². The minimum absolute atomic E-state index is 0.805. The number of pyridine rings is 2. The summed E-state index contributed by atoms with van der Waals surface area (Å²) in [7, 11) is 1.88. The lowest BCUT2D eigenvalue weighted by molar-refractivity contribution is 0.921. The molecule has 0 radical (unpaired) electrons. The van der Waals surface area contributed by atoms with E-state index < -0.39 is 0 Å². The molecule has 3 heterocycles. The van der Waals surface area contributed by atoms with Crippen molar-refractivity contribution >= 4 is 23.2 Å². The Bertz CT molecular complexity index is 694. The maximum absolute atomic E-state index is 4.29. The van der Waals surface area contributed by atoms with Crippen LogP contribution in [0, 0.1) is 0 Å². The van der Waals surface area contributed by atoms with Gasteiger partial charge in [-0.3, -0.25) is 4.40 Å². The molecule has 0 fully saturated rings. The summed E-state index contributed by atoms with van der Waals surface area (Å²) in [5, 5.41) is 12.3. The molecule has 0 atom stereocenters. The van der Waals surface area contributed by atoms with Gasteiger partial charge in [-0.05, 0) is 18.2 Å². The Hall–Kier alpha value is -2.08. The predicted octanol–water partition coefficient (Wildman–Crippen LogP) is 2.46. The van der Waals surface area contributed by atoms with Gasteiger partial charge in [-0.1, -0.05) is 23.9 Å². The molecule has 0 aliphatic rings. The number of nitrogens with zero attached hydrogens (tertiary/aromatic N) is 4. The van der Waals surface area contributed by atoms with Crippen LogP contribution in [-0.4, -0.2) is 26.6 Å². The molecule has 1 N–H and O–H groups in total. The fraction of sp³-hybridized carbons (Fsp3) is 0.154. The quantitative estimate of drug-likeness (QED) is 0.739. The molecule has 6 heteroatoms. The molecule has 0 bridgehead atoms. The first-order chi connectivity index (χ1) is 9.38. The Kier molecular flexibility index (Phi) is 3.33. The zero-order valence-corrected chi connectivity index (χ0v) is 11.3. The van der Waals surface area contributed by atoms with Crippen LogP contribution in [0.15, 0.2) is 47.9 Å².